The summed E-state index contributed by atoms with van der Waals surface area (Å²) in [4.78, 5) is 36.6. The van der Waals surface area contributed by atoms with Gasteiger partial charge in [-0.3, -0.25) is 4.79 Å². The number of ether oxygens (including phenoxy) is 4. The molecule has 0 aliphatic carbocycles. The van der Waals surface area contributed by atoms with Crippen LogP contribution in [0.4, 0.5) is 0 Å². The van der Waals surface area contributed by atoms with Crippen molar-refractivity contribution in [3.05, 3.63) is 16.7 Å². The maximum Gasteiger partial charge on any atom is 0.358 e. The molecule has 1 aliphatic rings. The van der Waals surface area contributed by atoms with Crippen LogP contribution in [0.3, 0.4) is 0 Å². The van der Waals surface area contributed by atoms with Crippen LogP contribution in [0.25, 0.3) is 0 Å². The normalized spacial score (nSPS) is 18.6. The fraction of sp³-hybridized carbons (Fsp3) is 0.438. The van der Waals surface area contributed by atoms with E-state index in [0.717, 1.165) is 7.11 Å². The third-order valence-corrected chi connectivity index (χ3v) is 4.16. The van der Waals surface area contributed by atoms with Crippen molar-refractivity contribution in [3.63, 3.8) is 0 Å². The lowest BCUT2D eigenvalue weighted by Crippen LogP contribution is -2.49. The summed E-state index contributed by atoms with van der Waals surface area (Å²) in [6.45, 7) is 1.36. The Morgan fingerprint density at radius 1 is 1.21 bits per heavy atom. The van der Waals surface area contributed by atoms with Crippen molar-refractivity contribution in [2.24, 2.45) is 0 Å². The van der Waals surface area contributed by atoms with E-state index in [1.54, 1.807) is 0 Å². The van der Waals surface area contributed by atoms with Gasteiger partial charge in [-0.05, 0) is 6.92 Å². The van der Waals surface area contributed by atoms with Crippen molar-refractivity contribution in [2.45, 2.75) is 25.4 Å². The lowest BCUT2D eigenvalue weighted by Gasteiger charge is -2.23. The molecule has 1 aromatic rings. The maximum absolute atomic E-state index is 12.9. The summed E-state index contributed by atoms with van der Waals surface area (Å²) >= 11 is 6.21. The first-order valence-corrected chi connectivity index (χ1v) is 7.46. The second-order valence-electron chi connectivity index (χ2n) is 5.25. The zero-order chi connectivity index (χ0) is 18.1. The number of carbonyl (C=O) groups is 3. The molecule has 1 aliphatic heterocycles. The fourth-order valence-corrected chi connectivity index (χ4v) is 2.81. The van der Waals surface area contributed by atoms with Gasteiger partial charge in [0.1, 0.15) is 27.9 Å². The number of rotatable bonds is 6. The van der Waals surface area contributed by atoms with Gasteiger partial charge in [0.2, 0.25) is 5.78 Å². The first-order valence-electron chi connectivity index (χ1n) is 7.08. The summed E-state index contributed by atoms with van der Waals surface area (Å²) in [5.74, 6) is -1.39. The molecule has 7 nitrogen and oxygen atoms in total. The molecule has 0 radical (unpaired) electrons. The van der Waals surface area contributed by atoms with E-state index >= 15 is 0 Å². The SMILES string of the molecule is COC(=O)C1(CCC(C)=O)Oc2c(Cl)c(OC)cc(OC)c2C1=O. The second-order valence-corrected chi connectivity index (χ2v) is 5.63. The molecular weight excluding hydrogens is 340 g/mol. The number of benzene rings is 1. The topological polar surface area (TPSA) is 88.1 Å². The average Bonchev–Trinajstić information content (AvgIpc) is 2.87. The Bertz CT molecular complexity index is 713. The lowest BCUT2D eigenvalue weighted by molar-refractivity contribution is -0.154. The highest BCUT2D eigenvalue weighted by molar-refractivity contribution is 6.35. The Kier molecular flexibility index (Phi) is 5.03. The minimum Gasteiger partial charge on any atom is -0.496 e. The van der Waals surface area contributed by atoms with Crippen molar-refractivity contribution >= 4 is 29.1 Å². The van der Waals surface area contributed by atoms with Crippen LogP contribution in [0.1, 0.15) is 30.1 Å². The molecule has 0 saturated heterocycles. The van der Waals surface area contributed by atoms with Gasteiger partial charge in [0, 0.05) is 18.9 Å². The molecule has 2 rings (SSSR count). The average molecular weight is 357 g/mol. The van der Waals surface area contributed by atoms with Gasteiger partial charge in [0.15, 0.2) is 5.75 Å². The van der Waals surface area contributed by atoms with Crippen molar-refractivity contribution in [3.8, 4) is 17.2 Å². The number of Topliss-reactive ketones (excluding diaryl/α,β-unsaturated/α-hetero) is 2. The van der Waals surface area contributed by atoms with E-state index in [0.29, 0.717) is 0 Å². The van der Waals surface area contributed by atoms with Crippen LogP contribution >= 0.6 is 11.6 Å². The van der Waals surface area contributed by atoms with E-state index in [2.05, 4.69) is 0 Å². The number of halogens is 1. The monoisotopic (exact) mass is 356 g/mol. The molecule has 1 unspecified atom stereocenters. The lowest BCUT2D eigenvalue weighted by atomic mass is 9.89. The number of methoxy groups -OCH3 is 3. The first kappa shape index (κ1) is 18.1. The van der Waals surface area contributed by atoms with E-state index in [9.17, 15) is 14.4 Å². The summed E-state index contributed by atoms with van der Waals surface area (Å²) in [7, 11) is 3.90. The Balaban J connectivity index is 2.63. The fourth-order valence-electron chi connectivity index (χ4n) is 2.55. The third-order valence-electron chi connectivity index (χ3n) is 3.81. The number of fused-ring (bicyclic) bond motifs is 1. The highest BCUT2D eigenvalue weighted by Gasteiger charge is 2.57. The van der Waals surface area contributed by atoms with Gasteiger partial charge >= 0.3 is 5.97 Å². The first-order chi connectivity index (χ1) is 11.3. The summed E-state index contributed by atoms with van der Waals surface area (Å²) < 4.78 is 20.7. The van der Waals surface area contributed by atoms with Crippen LogP contribution in [-0.2, 0) is 14.3 Å². The van der Waals surface area contributed by atoms with Gasteiger partial charge in [-0.25, -0.2) is 4.79 Å². The molecule has 0 spiro atoms. The van der Waals surface area contributed by atoms with E-state index < -0.39 is 17.4 Å². The number of hydrogen-bond donors (Lipinski definition) is 0. The number of esters is 1. The molecule has 8 heteroatoms. The van der Waals surface area contributed by atoms with Crippen molar-refractivity contribution in [2.75, 3.05) is 21.3 Å². The predicted octanol–water partition coefficient (Wildman–Crippen LogP) is 2.21. The van der Waals surface area contributed by atoms with Gasteiger partial charge < -0.3 is 23.7 Å². The zero-order valence-corrected chi connectivity index (χ0v) is 14.5. The molecule has 24 heavy (non-hydrogen) atoms. The van der Waals surface area contributed by atoms with E-state index in [-0.39, 0.29) is 46.5 Å². The predicted molar refractivity (Wildman–Crippen MR) is 84.2 cm³/mol. The molecule has 0 aromatic heterocycles. The van der Waals surface area contributed by atoms with Crippen LogP contribution in [0.15, 0.2) is 6.07 Å². The molecule has 0 bridgehead atoms. The minimum absolute atomic E-state index is 0.0215. The molecule has 1 heterocycles. The number of carbonyl (C=O) groups excluding carboxylic acids is 3. The van der Waals surface area contributed by atoms with Crippen LogP contribution in [-0.4, -0.2) is 44.5 Å². The van der Waals surface area contributed by atoms with E-state index in [4.69, 9.17) is 30.5 Å². The van der Waals surface area contributed by atoms with Gasteiger partial charge in [-0.2, -0.15) is 0 Å². The van der Waals surface area contributed by atoms with Crippen LogP contribution in [0, 0.1) is 0 Å². The van der Waals surface area contributed by atoms with Gasteiger partial charge in [-0.15, -0.1) is 0 Å². The molecule has 0 amide bonds. The molecule has 0 saturated carbocycles. The Hall–Kier alpha value is -2.28. The third kappa shape index (κ3) is 2.69. The standard InChI is InChI=1S/C16H17ClO7/c1-8(18)5-6-16(15(20)23-4)14(19)11-9(21-2)7-10(22-3)12(17)13(11)24-16/h7H,5-6H2,1-4H3. The molecule has 1 atom stereocenters. The van der Waals surface area contributed by atoms with Crippen LogP contribution in [0.2, 0.25) is 5.02 Å². The smallest absolute Gasteiger partial charge is 0.358 e. The highest BCUT2D eigenvalue weighted by Crippen LogP contribution is 2.50. The summed E-state index contributed by atoms with van der Waals surface area (Å²) in [5.41, 5.74) is -1.94. The van der Waals surface area contributed by atoms with Crippen LogP contribution in [0.5, 0.6) is 17.2 Å². The minimum atomic E-state index is -1.97. The molecular formula is C16H17ClO7. The largest absolute Gasteiger partial charge is 0.496 e. The van der Waals surface area contributed by atoms with Crippen molar-refractivity contribution < 1.29 is 33.3 Å². The molecule has 0 N–H and O–H groups in total. The van der Waals surface area contributed by atoms with Gasteiger partial charge in [-0.1, -0.05) is 11.6 Å². The van der Waals surface area contributed by atoms with Crippen molar-refractivity contribution in [1.29, 1.82) is 0 Å². The number of ketones is 2. The Morgan fingerprint density at radius 2 is 1.83 bits per heavy atom. The quantitative estimate of drug-likeness (QED) is 0.570. The van der Waals surface area contributed by atoms with Gasteiger partial charge in [0.05, 0.1) is 21.3 Å². The second kappa shape index (κ2) is 6.68. The molecule has 130 valence electrons. The molecule has 0 fully saturated rings. The summed E-state index contributed by atoms with van der Waals surface area (Å²) in [6.07, 6.45) is -0.198. The zero-order valence-electron chi connectivity index (χ0n) is 13.7. The summed E-state index contributed by atoms with van der Waals surface area (Å²) in [5, 5.41) is 0.0373. The maximum atomic E-state index is 12.9. The number of hydrogen-bond acceptors (Lipinski definition) is 7. The van der Waals surface area contributed by atoms with E-state index in [1.165, 1.54) is 27.2 Å². The molecule has 1 aromatic carbocycles. The van der Waals surface area contributed by atoms with Crippen molar-refractivity contribution in [1.82, 2.24) is 0 Å². The van der Waals surface area contributed by atoms with Gasteiger partial charge in [0.25, 0.3) is 5.60 Å². The van der Waals surface area contributed by atoms with E-state index in [1.807, 2.05) is 0 Å². The Morgan fingerprint density at radius 3 is 2.33 bits per heavy atom. The summed E-state index contributed by atoms with van der Waals surface area (Å²) in [6, 6.07) is 1.43. The van der Waals surface area contributed by atoms with Crippen LogP contribution < -0.4 is 14.2 Å². The highest BCUT2D eigenvalue weighted by atomic mass is 35.5. The Labute approximate surface area is 143 Å².